The van der Waals surface area contributed by atoms with Crippen LogP contribution in [0.2, 0.25) is 0 Å². The Bertz CT molecular complexity index is 1800. The third-order valence-corrected chi connectivity index (χ3v) is 6.65. The first-order chi connectivity index (χ1) is 15.6. The lowest BCUT2D eigenvalue weighted by Gasteiger charge is -2.09. The summed E-state index contributed by atoms with van der Waals surface area (Å²) in [5.41, 5.74) is 1.67. The molecule has 3 aromatic carbocycles. The van der Waals surface area contributed by atoms with Crippen molar-refractivity contribution < 1.29 is 4.42 Å². The van der Waals surface area contributed by atoms with Crippen molar-refractivity contribution in [2.45, 2.75) is 10.9 Å². The van der Waals surface area contributed by atoms with E-state index in [-0.39, 0.29) is 11.2 Å². The molecule has 0 radical (unpaired) electrons. The molecule has 0 atom stereocenters. The van der Waals surface area contributed by atoms with Crippen LogP contribution in [0.5, 0.6) is 0 Å². The maximum atomic E-state index is 12.7. The third-order valence-electron chi connectivity index (χ3n) is 5.67. The lowest BCUT2D eigenvalue weighted by atomic mass is 10.0. The third kappa shape index (κ3) is 2.76. The molecule has 7 nitrogen and oxygen atoms in total. The van der Waals surface area contributed by atoms with Gasteiger partial charge in [0, 0.05) is 24.3 Å². The van der Waals surface area contributed by atoms with Crippen LogP contribution < -0.4 is 11.2 Å². The molecule has 3 heterocycles. The van der Waals surface area contributed by atoms with E-state index in [2.05, 4.69) is 10.2 Å². The van der Waals surface area contributed by atoms with Crippen molar-refractivity contribution in [3.05, 3.63) is 93.1 Å². The minimum absolute atomic E-state index is 0.116. The normalized spacial score (nSPS) is 11.8. The van der Waals surface area contributed by atoms with E-state index in [1.807, 2.05) is 59.0 Å². The number of rotatable bonds is 3. The molecule has 0 bridgehead atoms. The van der Waals surface area contributed by atoms with Gasteiger partial charge in [0.15, 0.2) is 5.16 Å². The second kappa shape index (κ2) is 7.06. The summed E-state index contributed by atoms with van der Waals surface area (Å²) in [5, 5.41) is 12.9. The van der Waals surface area contributed by atoms with Gasteiger partial charge >= 0.3 is 5.63 Å². The average Bonchev–Trinajstić information content (AvgIpc) is 3.25. The zero-order chi connectivity index (χ0) is 21.8. The molecule has 6 rings (SSSR count). The number of fused-ring (bicyclic) bond motifs is 6. The Hall–Kier alpha value is -3.91. The highest BCUT2D eigenvalue weighted by molar-refractivity contribution is 7.98. The highest BCUT2D eigenvalue weighted by Crippen LogP contribution is 2.31. The number of benzene rings is 3. The first-order valence-corrected chi connectivity index (χ1v) is 11.0. The van der Waals surface area contributed by atoms with Crippen molar-refractivity contribution in [2.24, 2.45) is 7.05 Å². The van der Waals surface area contributed by atoms with Crippen LogP contribution in [0.1, 0.15) is 5.56 Å². The van der Waals surface area contributed by atoms with E-state index in [4.69, 9.17) is 4.42 Å². The molecule has 8 heteroatoms. The Labute approximate surface area is 184 Å². The summed E-state index contributed by atoms with van der Waals surface area (Å²) in [7, 11) is 1.69. The van der Waals surface area contributed by atoms with Gasteiger partial charge in [0.1, 0.15) is 5.58 Å². The molecule has 0 saturated heterocycles. The van der Waals surface area contributed by atoms with Crippen LogP contribution >= 0.6 is 11.8 Å². The second-order valence-electron chi connectivity index (χ2n) is 7.54. The van der Waals surface area contributed by atoms with E-state index < -0.39 is 0 Å². The molecule has 0 unspecified atom stereocenters. The van der Waals surface area contributed by atoms with Gasteiger partial charge in [-0.2, -0.15) is 0 Å². The first-order valence-electron chi connectivity index (χ1n) is 10.0. The van der Waals surface area contributed by atoms with Crippen LogP contribution in [-0.4, -0.2) is 19.2 Å². The molecular formula is C24H16N4O3S. The quantitative estimate of drug-likeness (QED) is 0.234. The van der Waals surface area contributed by atoms with Gasteiger partial charge in [-0.1, -0.05) is 54.2 Å². The Morgan fingerprint density at radius 1 is 0.938 bits per heavy atom. The van der Waals surface area contributed by atoms with Crippen LogP contribution in [0.15, 0.2) is 85.9 Å². The fourth-order valence-corrected chi connectivity index (χ4v) is 5.10. The molecule has 0 aliphatic carbocycles. The topological polar surface area (TPSA) is 82.4 Å². The molecule has 156 valence electrons. The van der Waals surface area contributed by atoms with Gasteiger partial charge in [-0.05, 0) is 34.5 Å². The molecule has 0 spiro atoms. The lowest BCUT2D eigenvalue weighted by molar-refractivity contribution is 0.560. The van der Waals surface area contributed by atoms with Crippen LogP contribution in [0, 0.1) is 0 Å². The summed E-state index contributed by atoms with van der Waals surface area (Å²) >= 11 is 1.46. The van der Waals surface area contributed by atoms with E-state index in [1.165, 1.54) is 16.3 Å². The number of aryl methyl sites for hydroxylation is 1. The average molecular weight is 440 g/mol. The molecule has 0 aliphatic rings. The van der Waals surface area contributed by atoms with Crippen LogP contribution in [0.4, 0.5) is 0 Å². The summed E-state index contributed by atoms with van der Waals surface area (Å²) in [6, 6.07) is 20.8. The molecule has 0 amide bonds. The maximum absolute atomic E-state index is 12.7. The maximum Gasteiger partial charge on any atom is 0.336 e. The summed E-state index contributed by atoms with van der Waals surface area (Å²) in [6.07, 6.45) is 0. The standard InChI is InChI=1S/C24H16N4O3S/c1-27-22(30)17-8-4-5-9-18(17)28-23(27)25-26-24(28)32-13-15-12-20(29)31-19-11-10-14-6-2-3-7-16(14)21(15)19/h2-12H,13H2,1H3. The van der Waals surface area contributed by atoms with E-state index in [0.717, 1.165) is 27.2 Å². The zero-order valence-electron chi connectivity index (χ0n) is 17.0. The summed E-state index contributed by atoms with van der Waals surface area (Å²) in [5.74, 6) is 0.965. The predicted molar refractivity (Wildman–Crippen MR) is 125 cm³/mol. The summed E-state index contributed by atoms with van der Waals surface area (Å²) in [6.45, 7) is 0. The fraction of sp³-hybridized carbons (Fsp3) is 0.0833. The van der Waals surface area contributed by atoms with Crippen LogP contribution in [0.25, 0.3) is 38.4 Å². The summed E-state index contributed by atoms with van der Waals surface area (Å²) in [4.78, 5) is 24.9. The Morgan fingerprint density at radius 3 is 2.59 bits per heavy atom. The van der Waals surface area contributed by atoms with Crippen molar-refractivity contribution in [3.63, 3.8) is 0 Å². The van der Waals surface area contributed by atoms with Gasteiger partial charge in [-0.25, -0.2) is 4.79 Å². The number of thioether (sulfide) groups is 1. The number of nitrogens with zero attached hydrogens (tertiary/aromatic N) is 4. The van der Waals surface area contributed by atoms with Gasteiger partial charge in [-0.15, -0.1) is 10.2 Å². The minimum atomic E-state index is -0.387. The second-order valence-corrected chi connectivity index (χ2v) is 8.48. The predicted octanol–water partition coefficient (Wildman–Crippen LogP) is 4.13. The molecule has 0 fully saturated rings. The summed E-state index contributed by atoms with van der Waals surface area (Å²) < 4.78 is 8.85. The van der Waals surface area contributed by atoms with Gasteiger partial charge < -0.3 is 4.42 Å². The van der Waals surface area contributed by atoms with Crippen molar-refractivity contribution in [1.82, 2.24) is 19.2 Å². The van der Waals surface area contributed by atoms with E-state index in [0.29, 0.717) is 27.7 Å². The van der Waals surface area contributed by atoms with Gasteiger partial charge in [0.25, 0.3) is 5.56 Å². The molecule has 6 aromatic rings. The highest BCUT2D eigenvalue weighted by Gasteiger charge is 2.16. The van der Waals surface area contributed by atoms with Gasteiger partial charge in [0.05, 0.1) is 10.9 Å². The SMILES string of the molecule is Cn1c(=O)c2ccccc2n2c(SCc3cc(=O)oc4ccc5ccccc5c34)nnc12. The van der Waals surface area contributed by atoms with E-state index in [1.54, 1.807) is 19.2 Å². The molecule has 32 heavy (non-hydrogen) atoms. The van der Waals surface area contributed by atoms with Crippen molar-refractivity contribution in [1.29, 1.82) is 0 Å². The highest BCUT2D eigenvalue weighted by atomic mass is 32.2. The van der Waals surface area contributed by atoms with Crippen molar-refractivity contribution >= 4 is 50.2 Å². The van der Waals surface area contributed by atoms with Crippen LogP contribution in [0.3, 0.4) is 0 Å². The minimum Gasteiger partial charge on any atom is -0.423 e. The molecule has 0 N–H and O–H groups in total. The number of hydrogen-bond donors (Lipinski definition) is 0. The smallest absolute Gasteiger partial charge is 0.336 e. The Morgan fingerprint density at radius 2 is 1.72 bits per heavy atom. The molecule has 3 aromatic heterocycles. The van der Waals surface area contributed by atoms with Crippen molar-refractivity contribution in [2.75, 3.05) is 0 Å². The van der Waals surface area contributed by atoms with Crippen LogP contribution in [-0.2, 0) is 12.8 Å². The largest absolute Gasteiger partial charge is 0.423 e. The van der Waals surface area contributed by atoms with Crippen molar-refractivity contribution in [3.8, 4) is 0 Å². The lowest BCUT2D eigenvalue weighted by Crippen LogP contribution is -2.20. The molecule has 0 saturated carbocycles. The van der Waals surface area contributed by atoms with Gasteiger partial charge in [-0.3, -0.25) is 13.8 Å². The Balaban J connectivity index is 1.53. The Kier molecular flexibility index (Phi) is 4.16. The fourth-order valence-electron chi connectivity index (χ4n) is 4.18. The number of aromatic nitrogens is 4. The van der Waals surface area contributed by atoms with E-state index in [9.17, 15) is 9.59 Å². The number of hydrogen-bond acceptors (Lipinski definition) is 6. The monoisotopic (exact) mass is 440 g/mol. The molecular weight excluding hydrogens is 424 g/mol. The zero-order valence-corrected chi connectivity index (χ0v) is 17.8. The number of para-hydroxylation sites is 1. The van der Waals surface area contributed by atoms with Gasteiger partial charge in [0.2, 0.25) is 5.78 Å². The first kappa shape index (κ1) is 18.8. The molecule has 0 aliphatic heterocycles. The van der Waals surface area contributed by atoms with E-state index >= 15 is 0 Å².